The Morgan fingerprint density at radius 2 is 2.00 bits per heavy atom. The minimum Gasteiger partial charge on any atom is -0.484 e. The standard InChI is InChI=1S/C17H15BrClN3OS/c1-22-16(10-23-15-8-3-2-7-14(15)19)20-21-17(22)24-11-12-5-4-6-13(18)9-12/h2-9H,10-11H2,1H3. The number of ether oxygens (including phenoxy) is 1. The quantitative estimate of drug-likeness (QED) is 0.516. The zero-order chi connectivity index (χ0) is 16.9. The second kappa shape index (κ2) is 8.05. The Morgan fingerprint density at radius 1 is 1.17 bits per heavy atom. The van der Waals surface area contributed by atoms with E-state index in [0.717, 1.165) is 21.2 Å². The van der Waals surface area contributed by atoms with E-state index in [2.05, 4.69) is 38.3 Å². The molecule has 2 aromatic carbocycles. The summed E-state index contributed by atoms with van der Waals surface area (Å²) < 4.78 is 8.75. The lowest BCUT2D eigenvalue weighted by atomic mass is 10.2. The van der Waals surface area contributed by atoms with Crippen LogP contribution in [0.2, 0.25) is 5.02 Å². The number of benzene rings is 2. The van der Waals surface area contributed by atoms with Crippen molar-refractivity contribution in [2.45, 2.75) is 17.5 Å². The van der Waals surface area contributed by atoms with Crippen LogP contribution < -0.4 is 4.74 Å². The van der Waals surface area contributed by atoms with Crippen LogP contribution in [0.25, 0.3) is 0 Å². The summed E-state index contributed by atoms with van der Waals surface area (Å²) >= 11 is 11.2. The van der Waals surface area contributed by atoms with E-state index in [0.29, 0.717) is 17.4 Å². The fourth-order valence-corrected chi connectivity index (χ4v) is 3.59. The number of thioether (sulfide) groups is 1. The molecule has 1 heterocycles. The van der Waals surface area contributed by atoms with Crippen molar-refractivity contribution in [3.05, 3.63) is 69.4 Å². The van der Waals surface area contributed by atoms with Gasteiger partial charge in [-0.15, -0.1) is 10.2 Å². The number of nitrogens with zero attached hydrogens (tertiary/aromatic N) is 3. The number of rotatable bonds is 6. The largest absolute Gasteiger partial charge is 0.484 e. The van der Waals surface area contributed by atoms with Crippen LogP contribution in [0.15, 0.2) is 58.2 Å². The third kappa shape index (κ3) is 4.32. The molecule has 3 rings (SSSR count). The summed E-state index contributed by atoms with van der Waals surface area (Å²) in [6.45, 7) is 0.324. The monoisotopic (exact) mass is 423 g/mol. The van der Waals surface area contributed by atoms with Crippen molar-refractivity contribution in [1.82, 2.24) is 14.8 Å². The maximum Gasteiger partial charge on any atom is 0.191 e. The Labute approximate surface area is 158 Å². The molecule has 1 aromatic heterocycles. The molecule has 0 fully saturated rings. The van der Waals surface area contributed by atoms with E-state index >= 15 is 0 Å². The van der Waals surface area contributed by atoms with Gasteiger partial charge in [0.1, 0.15) is 12.4 Å². The average Bonchev–Trinajstić information content (AvgIpc) is 2.92. The van der Waals surface area contributed by atoms with Gasteiger partial charge in [-0.2, -0.15) is 0 Å². The number of aromatic nitrogens is 3. The molecule has 24 heavy (non-hydrogen) atoms. The van der Waals surface area contributed by atoms with E-state index < -0.39 is 0 Å². The zero-order valence-electron chi connectivity index (χ0n) is 12.9. The minimum atomic E-state index is 0.324. The van der Waals surface area contributed by atoms with Gasteiger partial charge in [0.15, 0.2) is 11.0 Å². The van der Waals surface area contributed by atoms with Crippen molar-refractivity contribution in [3.63, 3.8) is 0 Å². The number of hydrogen-bond donors (Lipinski definition) is 0. The molecule has 0 atom stereocenters. The van der Waals surface area contributed by atoms with Crippen molar-refractivity contribution in [2.24, 2.45) is 7.05 Å². The molecule has 0 unspecified atom stereocenters. The van der Waals surface area contributed by atoms with Crippen molar-refractivity contribution >= 4 is 39.3 Å². The Kier molecular flexibility index (Phi) is 5.81. The van der Waals surface area contributed by atoms with Gasteiger partial charge in [0.05, 0.1) is 5.02 Å². The van der Waals surface area contributed by atoms with E-state index in [4.69, 9.17) is 16.3 Å². The molecule has 0 aliphatic rings. The summed E-state index contributed by atoms with van der Waals surface area (Å²) in [6, 6.07) is 15.6. The van der Waals surface area contributed by atoms with Gasteiger partial charge in [-0.3, -0.25) is 0 Å². The number of hydrogen-bond acceptors (Lipinski definition) is 4. The fraction of sp³-hybridized carbons (Fsp3) is 0.176. The van der Waals surface area contributed by atoms with E-state index in [1.807, 2.05) is 41.9 Å². The number of halogens is 2. The van der Waals surface area contributed by atoms with E-state index in [1.165, 1.54) is 5.56 Å². The highest BCUT2D eigenvalue weighted by Crippen LogP contribution is 2.25. The predicted octanol–water partition coefficient (Wildman–Crippen LogP) is 5.10. The van der Waals surface area contributed by atoms with E-state index in [1.54, 1.807) is 17.8 Å². The minimum absolute atomic E-state index is 0.324. The summed E-state index contributed by atoms with van der Waals surface area (Å²) in [5.74, 6) is 2.23. The summed E-state index contributed by atoms with van der Waals surface area (Å²) in [6.07, 6.45) is 0. The number of para-hydroxylation sites is 1. The van der Waals surface area contributed by atoms with Gasteiger partial charge in [0.2, 0.25) is 0 Å². The molecule has 0 bridgehead atoms. The molecule has 0 radical (unpaired) electrons. The molecule has 0 saturated carbocycles. The first kappa shape index (κ1) is 17.3. The van der Waals surface area contributed by atoms with Crippen LogP contribution in [0.3, 0.4) is 0 Å². The first-order chi connectivity index (χ1) is 11.6. The van der Waals surface area contributed by atoms with Crippen molar-refractivity contribution in [1.29, 1.82) is 0 Å². The Balaban J connectivity index is 1.62. The fourth-order valence-electron chi connectivity index (χ4n) is 2.08. The van der Waals surface area contributed by atoms with Crippen LogP contribution >= 0.6 is 39.3 Å². The Hall–Kier alpha value is -1.50. The summed E-state index contributed by atoms with van der Waals surface area (Å²) in [7, 11) is 1.94. The first-order valence-corrected chi connectivity index (χ1v) is 9.42. The molecule has 4 nitrogen and oxygen atoms in total. The summed E-state index contributed by atoms with van der Waals surface area (Å²) in [5, 5.41) is 9.89. The molecule has 0 aliphatic carbocycles. The molecular formula is C17H15BrClN3OS. The Bertz CT molecular complexity index is 840. The third-order valence-electron chi connectivity index (χ3n) is 3.38. The van der Waals surface area contributed by atoms with Crippen LogP contribution in [0.1, 0.15) is 11.4 Å². The molecule has 0 amide bonds. The topological polar surface area (TPSA) is 39.9 Å². The first-order valence-electron chi connectivity index (χ1n) is 7.26. The van der Waals surface area contributed by atoms with E-state index in [-0.39, 0.29) is 0 Å². The molecule has 0 spiro atoms. The van der Waals surface area contributed by atoms with Crippen LogP contribution in [0, 0.1) is 0 Å². The van der Waals surface area contributed by atoms with Gasteiger partial charge in [-0.25, -0.2) is 0 Å². The lowest BCUT2D eigenvalue weighted by Crippen LogP contribution is -2.04. The highest BCUT2D eigenvalue weighted by molar-refractivity contribution is 9.10. The van der Waals surface area contributed by atoms with Gasteiger partial charge >= 0.3 is 0 Å². The zero-order valence-corrected chi connectivity index (χ0v) is 16.1. The average molecular weight is 425 g/mol. The van der Waals surface area contributed by atoms with E-state index in [9.17, 15) is 0 Å². The maximum absolute atomic E-state index is 6.09. The molecule has 0 aliphatic heterocycles. The highest BCUT2D eigenvalue weighted by Gasteiger charge is 2.11. The second-order valence-corrected chi connectivity index (χ2v) is 7.36. The lowest BCUT2D eigenvalue weighted by Gasteiger charge is -2.08. The van der Waals surface area contributed by atoms with Crippen LogP contribution in [0.4, 0.5) is 0 Å². The molecular weight excluding hydrogens is 410 g/mol. The smallest absolute Gasteiger partial charge is 0.191 e. The lowest BCUT2D eigenvalue weighted by molar-refractivity contribution is 0.290. The molecule has 0 N–H and O–H groups in total. The van der Waals surface area contributed by atoms with Crippen LogP contribution in [0.5, 0.6) is 5.75 Å². The molecule has 0 saturated heterocycles. The maximum atomic E-state index is 6.09. The summed E-state index contributed by atoms with van der Waals surface area (Å²) in [5.41, 5.74) is 1.23. The SMILES string of the molecule is Cn1c(COc2ccccc2Cl)nnc1SCc1cccc(Br)c1. The molecule has 124 valence electrons. The summed E-state index contributed by atoms with van der Waals surface area (Å²) in [4.78, 5) is 0. The van der Waals surface area contributed by atoms with Gasteiger partial charge < -0.3 is 9.30 Å². The van der Waals surface area contributed by atoms with Gasteiger partial charge in [-0.05, 0) is 29.8 Å². The van der Waals surface area contributed by atoms with Crippen LogP contribution in [-0.4, -0.2) is 14.8 Å². The third-order valence-corrected chi connectivity index (χ3v) is 5.27. The van der Waals surface area contributed by atoms with Gasteiger partial charge in [0.25, 0.3) is 0 Å². The molecule has 7 heteroatoms. The highest BCUT2D eigenvalue weighted by atomic mass is 79.9. The van der Waals surface area contributed by atoms with Crippen LogP contribution in [-0.2, 0) is 19.4 Å². The second-order valence-electron chi connectivity index (χ2n) is 5.10. The van der Waals surface area contributed by atoms with Crippen molar-refractivity contribution < 1.29 is 4.74 Å². The normalized spacial score (nSPS) is 10.8. The molecule has 3 aromatic rings. The predicted molar refractivity (Wildman–Crippen MR) is 100 cm³/mol. The van der Waals surface area contributed by atoms with Crippen molar-refractivity contribution in [3.8, 4) is 5.75 Å². The van der Waals surface area contributed by atoms with Gasteiger partial charge in [0, 0.05) is 17.3 Å². The van der Waals surface area contributed by atoms with Crippen molar-refractivity contribution in [2.75, 3.05) is 0 Å². The van der Waals surface area contributed by atoms with Gasteiger partial charge in [-0.1, -0.05) is 63.6 Å². The Morgan fingerprint density at radius 3 is 2.79 bits per heavy atom.